The van der Waals surface area contributed by atoms with Gasteiger partial charge in [0, 0.05) is 22.9 Å². The van der Waals surface area contributed by atoms with Crippen LogP contribution in [0.4, 0.5) is 17.3 Å². The third kappa shape index (κ3) is 2.72. The Labute approximate surface area is 162 Å². The SMILES string of the molecule is NC1=Nc2ccccc2Oc2cc(-c3cc(C4CCC4)nc(N)n3)cc(N)c21. The van der Waals surface area contributed by atoms with Crippen molar-refractivity contribution in [3.63, 3.8) is 0 Å². The van der Waals surface area contributed by atoms with Crippen molar-refractivity contribution in [2.75, 3.05) is 11.5 Å². The lowest BCUT2D eigenvalue weighted by atomic mass is 9.82. The molecule has 0 unspecified atom stereocenters. The van der Waals surface area contributed by atoms with Gasteiger partial charge in [-0.15, -0.1) is 0 Å². The molecule has 1 aromatic heterocycles. The van der Waals surface area contributed by atoms with Crippen molar-refractivity contribution < 1.29 is 4.74 Å². The molecule has 0 saturated heterocycles. The summed E-state index contributed by atoms with van der Waals surface area (Å²) in [5.74, 6) is 2.21. The Kier molecular flexibility index (Phi) is 3.68. The average molecular weight is 372 g/mol. The lowest BCUT2D eigenvalue weighted by molar-refractivity contribution is 0.411. The largest absolute Gasteiger partial charge is 0.454 e. The van der Waals surface area contributed by atoms with Crippen LogP contribution < -0.4 is 21.9 Å². The summed E-state index contributed by atoms with van der Waals surface area (Å²) in [6.07, 6.45) is 3.49. The summed E-state index contributed by atoms with van der Waals surface area (Å²) in [7, 11) is 0. The van der Waals surface area contributed by atoms with Gasteiger partial charge in [-0.3, -0.25) is 0 Å². The zero-order valence-electron chi connectivity index (χ0n) is 15.2. The van der Waals surface area contributed by atoms with Crippen molar-refractivity contribution in [3.8, 4) is 22.8 Å². The second-order valence-electron chi connectivity index (χ2n) is 7.17. The number of aromatic nitrogens is 2. The first-order valence-corrected chi connectivity index (χ1v) is 9.28. The molecule has 0 amide bonds. The van der Waals surface area contributed by atoms with E-state index in [0.717, 1.165) is 29.8 Å². The van der Waals surface area contributed by atoms with Crippen molar-refractivity contribution in [1.82, 2.24) is 9.97 Å². The number of anilines is 2. The number of rotatable bonds is 2. The molecule has 7 heteroatoms. The molecular formula is C21H20N6O. The van der Waals surface area contributed by atoms with E-state index in [1.165, 1.54) is 6.42 Å². The van der Waals surface area contributed by atoms with Gasteiger partial charge in [0.2, 0.25) is 5.95 Å². The van der Waals surface area contributed by atoms with E-state index in [1.54, 1.807) is 0 Å². The summed E-state index contributed by atoms with van der Waals surface area (Å²) < 4.78 is 6.11. The van der Waals surface area contributed by atoms with Crippen molar-refractivity contribution in [3.05, 3.63) is 53.7 Å². The topological polar surface area (TPSA) is 125 Å². The van der Waals surface area contributed by atoms with Gasteiger partial charge in [-0.2, -0.15) is 0 Å². The van der Waals surface area contributed by atoms with Crippen LogP contribution in [0.15, 0.2) is 47.5 Å². The Hall–Kier alpha value is -3.61. The molecule has 0 atom stereocenters. The van der Waals surface area contributed by atoms with E-state index in [4.69, 9.17) is 21.9 Å². The van der Waals surface area contributed by atoms with E-state index in [9.17, 15) is 0 Å². The molecule has 2 aromatic carbocycles. The maximum atomic E-state index is 6.33. The van der Waals surface area contributed by atoms with Gasteiger partial charge >= 0.3 is 0 Å². The van der Waals surface area contributed by atoms with E-state index < -0.39 is 0 Å². The molecule has 140 valence electrons. The number of hydrogen-bond donors (Lipinski definition) is 3. The molecule has 5 rings (SSSR count). The van der Waals surface area contributed by atoms with Crippen LogP contribution in [0, 0.1) is 0 Å². The quantitative estimate of drug-likeness (QED) is 0.589. The van der Waals surface area contributed by atoms with Gasteiger partial charge in [-0.05, 0) is 43.2 Å². The van der Waals surface area contributed by atoms with Crippen LogP contribution in [-0.2, 0) is 0 Å². The molecule has 1 aliphatic heterocycles. The van der Waals surface area contributed by atoms with E-state index in [0.29, 0.717) is 40.2 Å². The summed E-state index contributed by atoms with van der Waals surface area (Å²) in [5.41, 5.74) is 22.7. The number of para-hydroxylation sites is 2. The molecule has 2 aliphatic rings. The zero-order chi connectivity index (χ0) is 19.3. The van der Waals surface area contributed by atoms with Gasteiger partial charge in [0.15, 0.2) is 5.75 Å². The lowest BCUT2D eigenvalue weighted by Gasteiger charge is -2.25. The first kappa shape index (κ1) is 16.6. The molecule has 7 nitrogen and oxygen atoms in total. The van der Waals surface area contributed by atoms with Crippen LogP contribution in [-0.4, -0.2) is 15.8 Å². The molecule has 0 spiro atoms. The van der Waals surface area contributed by atoms with Crippen LogP contribution >= 0.6 is 0 Å². The second kappa shape index (κ2) is 6.23. The molecule has 1 fully saturated rings. The number of aliphatic imine (C=N–C) groups is 1. The van der Waals surface area contributed by atoms with Gasteiger partial charge in [-0.25, -0.2) is 15.0 Å². The molecule has 1 aliphatic carbocycles. The molecule has 0 radical (unpaired) electrons. The molecule has 2 heterocycles. The minimum absolute atomic E-state index is 0.264. The van der Waals surface area contributed by atoms with E-state index >= 15 is 0 Å². The smallest absolute Gasteiger partial charge is 0.220 e. The van der Waals surface area contributed by atoms with Gasteiger partial charge in [0.25, 0.3) is 0 Å². The fourth-order valence-electron chi connectivity index (χ4n) is 3.63. The third-order valence-corrected chi connectivity index (χ3v) is 5.30. The summed E-state index contributed by atoms with van der Waals surface area (Å²) in [4.78, 5) is 13.3. The maximum Gasteiger partial charge on any atom is 0.220 e. The Morgan fingerprint density at radius 3 is 2.54 bits per heavy atom. The first-order valence-electron chi connectivity index (χ1n) is 9.28. The Morgan fingerprint density at radius 1 is 0.929 bits per heavy atom. The van der Waals surface area contributed by atoms with Crippen LogP contribution in [0.25, 0.3) is 11.3 Å². The summed E-state index contributed by atoms with van der Waals surface area (Å²) >= 11 is 0. The number of hydrogen-bond acceptors (Lipinski definition) is 7. The molecule has 6 N–H and O–H groups in total. The number of fused-ring (bicyclic) bond motifs is 2. The highest BCUT2D eigenvalue weighted by atomic mass is 16.5. The lowest BCUT2D eigenvalue weighted by Crippen LogP contribution is -2.15. The van der Waals surface area contributed by atoms with Crippen molar-refractivity contribution in [2.45, 2.75) is 25.2 Å². The second-order valence-corrected chi connectivity index (χ2v) is 7.17. The van der Waals surface area contributed by atoms with Crippen LogP contribution in [0.5, 0.6) is 11.5 Å². The average Bonchev–Trinajstić information content (AvgIpc) is 2.75. The van der Waals surface area contributed by atoms with E-state index in [-0.39, 0.29) is 5.95 Å². The van der Waals surface area contributed by atoms with Crippen molar-refractivity contribution in [1.29, 1.82) is 0 Å². The third-order valence-electron chi connectivity index (χ3n) is 5.30. The predicted molar refractivity (Wildman–Crippen MR) is 110 cm³/mol. The van der Waals surface area contributed by atoms with E-state index in [1.807, 2.05) is 42.5 Å². The summed E-state index contributed by atoms with van der Waals surface area (Å²) in [6.45, 7) is 0. The van der Waals surface area contributed by atoms with Gasteiger partial charge < -0.3 is 21.9 Å². The minimum atomic E-state index is 0.264. The first-order chi connectivity index (χ1) is 13.6. The highest BCUT2D eigenvalue weighted by Gasteiger charge is 2.24. The summed E-state index contributed by atoms with van der Waals surface area (Å²) in [6, 6.07) is 13.2. The number of nitrogen functional groups attached to an aromatic ring is 2. The van der Waals surface area contributed by atoms with Crippen LogP contribution in [0.1, 0.15) is 36.4 Å². The molecule has 28 heavy (non-hydrogen) atoms. The standard InChI is InChI=1S/C21H20N6O/c22-13-8-12(16-10-15(11-4-3-5-11)26-21(24)27-16)9-18-19(13)20(23)25-14-6-1-2-7-17(14)28-18/h1-2,6-11H,3-5,22H2,(H2,23,25)(H2,24,26,27). The van der Waals surface area contributed by atoms with Gasteiger partial charge in [0.05, 0.1) is 11.3 Å². The minimum Gasteiger partial charge on any atom is -0.454 e. The molecule has 3 aromatic rings. The Morgan fingerprint density at radius 2 is 1.75 bits per heavy atom. The molecule has 1 saturated carbocycles. The van der Waals surface area contributed by atoms with Crippen molar-refractivity contribution >= 4 is 23.2 Å². The Balaban J connectivity index is 1.64. The fraction of sp³-hybridized carbons (Fsp3) is 0.190. The number of nitrogens with zero attached hydrogens (tertiary/aromatic N) is 3. The maximum absolute atomic E-state index is 6.33. The Bertz CT molecular complexity index is 1120. The monoisotopic (exact) mass is 372 g/mol. The molecular weight excluding hydrogens is 352 g/mol. The van der Waals surface area contributed by atoms with Crippen molar-refractivity contribution in [2.24, 2.45) is 10.7 Å². The van der Waals surface area contributed by atoms with E-state index in [2.05, 4.69) is 15.0 Å². The normalized spacial score (nSPS) is 15.5. The van der Waals surface area contributed by atoms with Crippen LogP contribution in [0.2, 0.25) is 0 Å². The fourth-order valence-corrected chi connectivity index (χ4v) is 3.63. The van der Waals surface area contributed by atoms with Gasteiger partial charge in [-0.1, -0.05) is 18.6 Å². The van der Waals surface area contributed by atoms with Crippen LogP contribution in [0.3, 0.4) is 0 Å². The highest BCUT2D eigenvalue weighted by Crippen LogP contribution is 2.41. The predicted octanol–water partition coefficient (Wildman–Crippen LogP) is 3.72. The highest BCUT2D eigenvalue weighted by molar-refractivity contribution is 6.07. The number of amidine groups is 1. The molecule has 0 bridgehead atoms. The number of nitrogens with two attached hydrogens (primary N) is 3. The number of ether oxygens (including phenoxy) is 1. The number of benzene rings is 2. The zero-order valence-corrected chi connectivity index (χ0v) is 15.2. The summed E-state index contributed by atoms with van der Waals surface area (Å²) in [5, 5.41) is 0. The van der Waals surface area contributed by atoms with Gasteiger partial charge in [0.1, 0.15) is 17.3 Å².